The van der Waals surface area contributed by atoms with Gasteiger partial charge in [0.1, 0.15) is 0 Å². The molecule has 1 amide bonds. The second kappa shape index (κ2) is 7.05. The maximum atomic E-state index is 12.9. The summed E-state index contributed by atoms with van der Waals surface area (Å²) in [7, 11) is 4.09. The van der Waals surface area contributed by atoms with Crippen LogP contribution in [-0.2, 0) is 6.54 Å². The summed E-state index contributed by atoms with van der Waals surface area (Å²) in [6.07, 6.45) is 1.83. The maximum Gasteiger partial charge on any atom is 0.258 e. The fraction of sp³-hybridized carbons (Fsp3) is 0.300. The first kappa shape index (κ1) is 18.1. The third kappa shape index (κ3) is 3.34. The Bertz CT molecular complexity index is 1170. The molecule has 0 aliphatic heterocycles. The molecule has 8 nitrogen and oxygen atoms in total. The quantitative estimate of drug-likeness (QED) is 0.574. The van der Waals surface area contributed by atoms with Gasteiger partial charge in [-0.3, -0.25) is 4.79 Å². The second-order valence-electron chi connectivity index (χ2n) is 7.16. The van der Waals surface area contributed by atoms with Gasteiger partial charge in [-0.2, -0.15) is 0 Å². The Kier molecular flexibility index (Phi) is 4.56. The fourth-order valence-electron chi connectivity index (χ4n) is 3.22. The number of hydrogen-bond donors (Lipinski definition) is 1. The molecule has 0 aliphatic rings. The number of imidazole rings is 1. The monoisotopic (exact) mass is 378 g/mol. The highest BCUT2D eigenvalue weighted by atomic mass is 16.5. The molecule has 4 rings (SSSR count). The number of anilines is 1. The summed E-state index contributed by atoms with van der Waals surface area (Å²) in [5.41, 5.74) is 4.78. The molecule has 4 aromatic rings. The molecule has 0 spiro atoms. The number of amides is 1. The second-order valence-corrected chi connectivity index (χ2v) is 7.16. The number of nitrogens with one attached hydrogen (secondary N) is 1. The van der Waals surface area contributed by atoms with E-state index in [-0.39, 0.29) is 5.91 Å². The number of carbonyl (C=O) groups is 1. The third-order valence-electron chi connectivity index (χ3n) is 4.66. The number of aryl methyl sites for hydroxylation is 2. The van der Waals surface area contributed by atoms with Crippen LogP contribution >= 0.6 is 0 Å². The van der Waals surface area contributed by atoms with Crippen LogP contribution in [0.25, 0.3) is 22.1 Å². The number of fused-ring (bicyclic) bond motifs is 2. The Morgan fingerprint density at radius 2 is 2.07 bits per heavy atom. The highest BCUT2D eigenvalue weighted by molar-refractivity contribution is 6.12. The Morgan fingerprint density at radius 3 is 2.86 bits per heavy atom. The van der Waals surface area contributed by atoms with Crippen molar-refractivity contribution in [3.8, 4) is 0 Å². The van der Waals surface area contributed by atoms with E-state index < -0.39 is 0 Å². The van der Waals surface area contributed by atoms with Crippen molar-refractivity contribution in [2.24, 2.45) is 0 Å². The summed E-state index contributed by atoms with van der Waals surface area (Å²) in [6, 6.07) is 7.49. The van der Waals surface area contributed by atoms with E-state index in [4.69, 9.17) is 4.52 Å². The van der Waals surface area contributed by atoms with Gasteiger partial charge in [-0.15, -0.1) is 0 Å². The summed E-state index contributed by atoms with van der Waals surface area (Å²) >= 11 is 0. The molecule has 28 heavy (non-hydrogen) atoms. The average molecular weight is 378 g/mol. The molecular weight excluding hydrogens is 356 g/mol. The summed E-state index contributed by atoms with van der Waals surface area (Å²) in [5.74, 6) is -0.229. The molecule has 1 aromatic carbocycles. The van der Waals surface area contributed by atoms with Crippen LogP contribution in [0.15, 0.2) is 35.1 Å². The van der Waals surface area contributed by atoms with Crippen molar-refractivity contribution in [1.82, 2.24) is 24.6 Å². The lowest BCUT2D eigenvalue weighted by Gasteiger charge is -2.11. The molecule has 0 saturated heterocycles. The van der Waals surface area contributed by atoms with Crippen molar-refractivity contribution in [3.05, 3.63) is 47.5 Å². The Balaban J connectivity index is 1.62. The summed E-state index contributed by atoms with van der Waals surface area (Å²) in [5, 5.41) is 7.52. The average Bonchev–Trinajstić information content (AvgIpc) is 3.22. The van der Waals surface area contributed by atoms with Crippen LogP contribution < -0.4 is 5.32 Å². The zero-order chi connectivity index (χ0) is 19.8. The Hall–Kier alpha value is -3.26. The van der Waals surface area contributed by atoms with Gasteiger partial charge in [-0.25, -0.2) is 9.97 Å². The van der Waals surface area contributed by atoms with Crippen molar-refractivity contribution in [3.63, 3.8) is 0 Å². The summed E-state index contributed by atoms with van der Waals surface area (Å²) in [4.78, 5) is 23.8. The number of likely N-dealkylation sites (N-methyl/N-ethyl adjacent to an activating group) is 1. The van der Waals surface area contributed by atoms with Crippen LogP contribution in [-0.4, -0.2) is 51.1 Å². The van der Waals surface area contributed by atoms with Gasteiger partial charge in [-0.05, 0) is 52.2 Å². The van der Waals surface area contributed by atoms with E-state index in [1.807, 2.05) is 45.5 Å². The van der Waals surface area contributed by atoms with Gasteiger partial charge in [0.05, 0.1) is 34.0 Å². The first-order chi connectivity index (χ1) is 13.4. The van der Waals surface area contributed by atoms with Crippen molar-refractivity contribution >= 4 is 33.7 Å². The van der Waals surface area contributed by atoms with Gasteiger partial charge in [0.15, 0.2) is 0 Å². The third-order valence-corrected chi connectivity index (χ3v) is 4.66. The number of benzene rings is 1. The number of carbonyl (C=O) groups excluding carboxylic acids is 1. The van der Waals surface area contributed by atoms with Crippen LogP contribution in [0.2, 0.25) is 0 Å². The van der Waals surface area contributed by atoms with Gasteiger partial charge in [0, 0.05) is 24.5 Å². The van der Waals surface area contributed by atoms with E-state index in [1.54, 1.807) is 13.0 Å². The van der Waals surface area contributed by atoms with Crippen molar-refractivity contribution in [1.29, 1.82) is 0 Å². The van der Waals surface area contributed by atoms with E-state index >= 15 is 0 Å². The highest BCUT2D eigenvalue weighted by Crippen LogP contribution is 2.24. The zero-order valence-corrected chi connectivity index (χ0v) is 16.4. The molecule has 0 saturated carbocycles. The van der Waals surface area contributed by atoms with E-state index in [0.29, 0.717) is 33.7 Å². The number of hydrogen-bond acceptors (Lipinski definition) is 6. The standard InChI is InChI=1S/C20H22N6O2/c1-12-9-15(18-13(2)24-28-20(18)22-12)19(27)23-14-5-6-17-16(10-14)21-11-26(17)8-7-25(3)4/h5-6,9-11H,7-8H2,1-4H3,(H,23,27). The molecule has 144 valence electrons. The van der Waals surface area contributed by atoms with Crippen molar-refractivity contribution in [2.75, 3.05) is 26.0 Å². The molecule has 3 aromatic heterocycles. The minimum absolute atomic E-state index is 0.229. The van der Waals surface area contributed by atoms with Crippen molar-refractivity contribution in [2.45, 2.75) is 20.4 Å². The van der Waals surface area contributed by atoms with Gasteiger partial charge in [0.2, 0.25) is 0 Å². The SMILES string of the molecule is Cc1cc(C(=O)Nc2ccc3c(c2)ncn3CCN(C)C)c2c(C)noc2n1. The van der Waals surface area contributed by atoms with E-state index in [9.17, 15) is 4.79 Å². The number of pyridine rings is 1. The first-order valence-corrected chi connectivity index (χ1v) is 9.07. The minimum Gasteiger partial charge on any atom is -0.336 e. The Labute approximate surface area is 162 Å². The van der Waals surface area contributed by atoms with E-state index in [1.165, 1.54) is 0 Å². The molecule has 0 fully saturated rings. The van der Waals surface area contributed by atoms with Crippen LogP contribution in [0.1, 0.15) is 21.7 Å². The Morgan fingerprint density at radius 1 is 1.25 bits per heavy atom. The number of rotatable bonds is 5. The smallest absolute Gasteiger partial charge is 0.258 e. The predicted molar refractivity (Wildman–Crippen MR) is 108 cm³/mol. The van der Waals surface area contributed by atoms with Crippen molar-refractivity contribution < 1.29 is 9.32 Å². The first-order valence-electron chi connectivity index (χ1n) is 9.07. The molecule has 3 heterocycles. The highest BCUT2D eigenvalue weighted by Gasteiger charge is 2.18. The summed E-state index contributed by atoms with van der Waals surface area (Å²) < 4.78 is 7.32. The fourth-order valence-corrected chi connectivity index (χ4v) is 3.22. The van der Waals surface area contributed by atoms with E-state index in [0.717, 1.165) is 24.1 Å². The lowest BCUT2D eigenvalue weighted by molar-refractivity contribution is 0.102. The van der Waals surface area contributed by atoms with Gasteiger partial charge in [0.25, 0.3) is 11.6 Å². The predicted octanol–water partition coefficient (Wildman–Crippen LogP) is 3.00. The van der Waals surface area contributed by atoms with Gasteiger partial charge in [-0.1, -0.05) is 5.16 Å². The lowest BCUT2D eigenvalue weighted by atomic mass is 10.1. The molecule has 0 bridgehead atoms. The van der Waals surface area contributed by atoms with Crippen LogP contribution in [0.4, 0.5) is 5.69 Å². The minimum atomic E-state index is -0.229. The van der Waals surface area contributed by atoms with Crippen LogP contribution in [0.5, 0.6) is 0 Å². The molecule has 0 aliphatic carbocycles. The normalized spacial score (nSPS) is 11.6. The van der Waals surface area contributed by atoms with E-state index in [2.05, 4.69) is 29.9 Å². The molecule has 0 unspecified atom stereocenters. The van der Waals surface area contributed by atoms with Crippen LogP contribution in [0, 0.1) is 13.8 Å². The number of nitrogens with zero attached hydrogens (tertiary/aromatic N) is 5. The lowest BCUT2D eigenvalue weighted by Crippen LogP contribution is -2.17. The zero-order valence-electron chi connectivity index (χ0n) is 16.4. The molecular formula is C20H22N6O2. The largest absolute Gasteiger partial charge is 0.336 e. The topological polar surface area (TPSA) is 89.1 Å². The molecule has 1 N–H and O–H groups in total. The van der Waals surface area contributed by atoms with Gasteiger partial charge >= 0.3 is 0 Å². The molecule has 8 heteroatoms. The molecule has 0 atom stereocenters. The molecule has 0 radical (unpaired) electrons. The number of aromatic nitrogens is 4. The van der Waals surface area contributed by atoms with Crippen LogP contribution in [0.3, 0.4) is 0 Å². The summed E-state index contributed by atoms with van der Waals surface area (Å²) in [6.45, 7) is 5.40. The van der Waals surface area contributed by atoms with Gasteiger partial charge < -0.3 is 19.3 Å². The maximum absolute atomic E-state index is 12.9.